The van der Waals surface area contributed by atoms with Crippen LogP contribution in [0.5, 0.6) is 0 Å². The van der Waals surface area contributed by atoms with Crippen LogP contribution in [-0.4, -0.2) is 7.05 Å². The van der Waals surface area contributed by atoms with Crippen molar-refractivity contribution >= 4 is 5.57 Å². The molecular weight excluding hydrogens is 242 g/mol. The number of hydrogen-bond donors (Lipinski definition) is 1. The maximum atomic E-state index is 4.14. The van der Waals surface area contributed by atoms with Crippen molar-refractivity contribution in [3.05, 3.63) is 78.4 Å². The summed E-state index contributed by atoms with van der Waals surface area (Å²) in [4.78, 5) is 0. The first-order valence-corrected chi connectivity index (χ1v) is 6.90. The van der Waals surface area contributed by atoms with Crippen LogP contribution in [0.3, 0.4) is 0 Å². The molecule has 0 aliphatic carbocycles. The van der Waals surface area contributed by atoms with Crippen molar-refractivity contribution in [2.24, 2.45) is 0 Å². The molecule has 0 amide bonds. The Balaban J connectivity index is 2.49. The van der Waals surface area contributed by atoms with Gasteiger partial charge in [0.25, 0.3) is 0 Å². The second-order valence-corrected chi connectivity index (χ2v) is 4.84. The number of nitrogens with one attached hydrogen (secondary N) is 1. The molecule has 0 heterocycles. The lowest BCUT2D eigenvalue weighted by Gasteiger charge is -2.10. The Kier molecular flexibility index (Phi) is 4.91. The normalized spacial score (nSPS) is 10.9. The van der Waals surface area contributed by atoms with Crippen LogP contribution < -0.4 is 5.32 Å². The van der Waals surface area contributed by atoms with E-state index in [2.05, 4.69) is 54.4 Å². The van der Waals surface area contributed by atoms with Crippen LogP contribution >= 0.6 is 0 Å². The van der Waals surface area contributed by atoms with E-state index in [0.29, 0.717) is 0 Å². The zero-order valence-corrected chi connectivity index (χ0v) is 12.2. The Hall–Kier alpha value is -2.12. The van der Waals surface area contributed by atoms with E-state index in [9.17, 15) is 0 Å². The maximum absolute atomic E-state index is 4.14. The van der Waals surface area contributed by atoms with E-state index in [1.54, 1.807) is 0 Å². The molecular formula is C19H21N. The molecule has 2 aromatic rings. The van der Waals surface area contributed by atoms with Gasteiger partial charge in [-0.15, -0.1) is 0 Å². The number of hydrogen-bond acceptors (Lipinski definition) is 1. The monoisotopic (exact) mass is 263 g/mol. The summed E-state index contributed by atoms with van der Waals surface area (Å²) in [6.45, 7) is 7.02. The molecule has 0 saturated heterocycles. The van der Waals surface area contributed by atoms with Crippen LogP contribution in [0.25, 0.3) is 16.7 Å². The van der Waals surface area contributed by atoms with Crippen LogP contribution in [0, 0.1) is 0 Å². The summed E-state index contributed by atoms with van der Waals surface area (Å²) in [7, 11) is 1.97. The third-order valence-corrected chi connectivity index (χ3v) is 3.22. The molecule has 20 heavy (non-hydrogen) atoms. The molecule has 1 N–H and O–H groups in total. The fourth-order valence-corrected chi connectivity index (χ4v) is 2.28. The van der Waals surface area contributed by atoms with Crippen LogP contribution in [0.15, 0.2) is 67.3 Å². The van der Waals surface area contributed by atoms with Gasteiger partial charge in [0, 0.05) is 6.54 Å². The fraction of sp³-hybridized carbons (Fsp3) is 0.158. The predicted octanol–water partition coefficient (Wildman–Crippen LogP) is 4.66. The number of rotatable bonds is 5. The topological polar surface area (TPSA) is 12.0 Å². The second-order valence-electron chi connectivity index (χ2n) is 4.84. The van der Waals surface area contributed by atoms with Crippen molar-refractivity contribution in [1.29, 1.82) is 0 Å². The Bertz CT molecular complexity index is 609. The van der Waals surface area contributed by atoms with Gasteiger partial charge in [0.1, 0.15) is 0 Å². The van der Waals surface area contributed by atoms with Crippen LogP contribution in [0.4, 0.5) is 0 Å². The van der Waals surface area contributed by atoms with Gasteiger partial charge in [-0.05, 0) is 60.0 Å². The van der Waals surface area contributed by atoms with E-state index >= 15 is 0 Å². The third-order valence-electron chi connectivity index (χ3n) is 3.22. The van der Waals surface area contributed by atoms with E-state index < -0.39 is 0 Å². The molecule has 0 bridgehead atoms. The van der Waals surface area contributed by atoms with Crippen LogP contribution in [-0.2, 0) is 6.54 Å². The standard InChI is InChI=1S/C19H21N/c1-4-8-15(2)18-11-16(14-20-3)12-19(13-18)17-9-6-5-7-10-17/h4-13,20H,2,14H2,1,3H3/b8-4-. The number of allylic oxidation sites excluding steroid dienone is 3. The minimum Gasteiger partial charge on any atom is -0.316 e. The smallest absolute Gasteiger partial charge is 0.0202 e. The van der Waals surface area contributed by atoms with Gasteiger partial charge >= 0.3 is 0 Å². The number of benzene rings is 2. The van der Waals surface area contributed by atoms with Gasteiger partial charge in [0.05, 0.1) is 0 Å². The minimum atomic E-state index is 0.858. The first-order chi connectivity index (χ1) is 9.74. The molecule has 0 aromatic heterocycles. The van der Waals surface area contributed by atoms with Crippen molar-refractivity contribution in [2.45, 2.75) is 13.5 Å². The first-order valence-electron chi connectivity index (χ1n) is 6.90. The fourth-order valence-electron chi connectivity index (χ4n) is 2.28. The highest BCUT2D eigenvalue weighted by atomic mass is 14.8. The average molecular weight is 263 g/mol. The lowest BCUT2D eigenvalue weighted by molar-refractivity contribution is 0.818. The molecule has 0 aliphatic heterocycles. The Morgan fingerprint density at radius 1 is 1.10 bits per heavy atom. The van der Waals surface area contributed by atoms with Crippen LogP contribution in [0.2, 0.25) is 0 Å². The average Bonchev–Trinajstić information content (AvgIpc) is 2.48. The zero-order valence-electron chi connectivity index (χ0n) is 12.2. The summed E-state index contributed by atoms with van der Waals surface area (Å²) < 4.78 is 0. The summed E-state index contributed by atoms with van der Waals surface area (Å²) in [6, 6.07) is 17.1. The highest BCUT2D eigenvalue weighted by Crippen LogP contribution is 2.26. The summed E-state index contributed by atoms with van der Waals surface area (Å²) in [5.41, 5.74) is 5.96. The largest absolute Gasteiger partial charge is 0.316 e. The van der Waals surface area contributed by atoms with E-state index in [1.165, 1.54) is 22.3 Å². The molecule has 0 fully saturated rings. The molecule has 2 aromatic carbocycles. The summed E-state index contributed by atoms with van der Waals surface area (Å²) in [5.74, 6) is 0. The molecule has 0 radical (unpaired) electrons. The van der Waals surface area contributed by atoms with Gasteiger partial charge in [0.2, 0.25) is 0 Å². The second kappa shape index (κ2) is 6.88. The Morgan fingerprint density at radius 3 is 2.50 bits per heavy atom. The molecule has 0 unspecified atom stereocenters. The van der Waals surface area contributed by atoms with Crippen molar-refractivity contribution in [2.75, 3.05) is 7.05 Å². The SMILES string of the molecule is C=C(/C=C\C)c1cc(CNC)cc(-c2ccccc2)c1. The van der Waals surface area contributed by atoms with Gasteiger partial charge < -0.3 is 5.32 Å². The summed E-state index contributed by atoms with van der Waals surface area (Å²) in [6.07, 6.45) is 4.07. The van der Waals surface area contributed by atoms with Crippen molar-refractivity contribution in [3.8, 4) is 11.1 Å². The molecule has 102 valence electrons. The maximum Gasteiger partial charge on any atom is 0.0202 e. The van der Waals surface area contributed by atoms with Gasteiger partial charge in [0.15, 0.2) is 0 Å². The van der Waals surface area contributed by atoms with Crippen LogP contribution in [0.1, 0.15) is 18.1 Å². The molecule has 0 saturated carbocycles. The predicted molar refractivity (Wildman–Crippen MR) is 88.5 cm³/mol. The molecule has 0 spiro atoms. The van der Waals surface area contributed by atoms with E-state index in [-0.39, 0.29) is 0 Å². The van der Waals surface area contributed by atoms with Gasteiger partial charge in [-0.1, -0.05) is 49.1 Å². The molecule has 2 rings (SSSR count). The molecule has 0 atom stereocenters. The zero-order chi connectivity index (χ0) is 14.4. The van der Waals surface area contributed by atoms with E-state index in [4.69, 9.17) is 0 Å². The van der Waals surface area contributed by atoms with E-state index in [0.717, 1.165) is 12.1 Å². The quantitative estimate of drug-likeness (QED) is 0.773. The van der Waals surface area contributed by atoms with Gasteiger partial charge in [-0.2, -0.15) is 0 Å². The highest BCUT2D eigenvalue weighted by Gasteiger charge is 2.04. The molecule has 1 heteroatoms. The lowest BCUT2D eigenvalue weighted by atomic mass is 9.96. The Labute approximate surface area is 121 Å². The summed E-state index contributed by atoms with van der Waals surface area (Å²) in [5, 5.41) is 3.21. The lowest BCUT2D eigenvalue weighted by Crippen LogP contribution is -2.05. The Morgan fingerprint density at radius 2 is 1.85 bits per heavy atom. The van der Waals surface area contributed by atoms with Gasteiger partial charge in [-0.25, -0.2) is 0 Å². The van der Waals surface area contributed by atoms with E-state index in [1.807, 2.05) is 32.2 Å². The summed E-state index contributed by atoms with van der Waals surface area (Å²) >= 11 is 0. The van der Waals surface area contributed by atoms with Crippen molar-refractivity contribution in [3.63, 3.8) is 0 Å². The molecule has 1 nitrogen and oxygen atoms in total. The highest BCUT2D eigenvalue weighted by molar-refractivity contribution is 5.77. The van der Waals surface area contributed by atoms with Crippen molar-refractivity contribution < 1.29 is 0 Å². The molecule has 0 aliphatic rings. The third kappa shape index (κ3) is 3.46. The van der Waals surface area contributed by atoms with Gasteiger partial charge in [-0.3, -0.25) is 0 Å². The first kappa shape index (κ1) is 14.3. The minimum absolute atomic E-state index is 0.858. The van der Waals surface area contributed by atoms with Crippen molar-refractivity contribution in [1.82, 2.24) is 5.32 Å².